The van der Waals surface area contributed by atoms with Crippen molar-refractivity contribution in [3.8, 4) is 11.8 Å². The molecule has 0 aromatic carbocycles. The van der Waals surface area contributed by atoms with Crippen LogP contribution in [0.15, 0.2) is 23.8 Å². The third-order valence-electron chi connectivity index (χ3n) is 9.88. The zero-order valence-corrected chi connectivity index (χ0v) is 30.8. The summed E-state index contributed by atoms with van der Waals surface area (Å²) in [5.74, 6) is 7.75. The first-order valence-electron chi connectivity index (χ1n) is 15.8. The summed E-state index contributed by atoms with van der Waals surface area (Å²) in [5.41, 5.74) is 1.34. The molecular weight excluding hydrogens is 525 g/mol. The maximum atomic E-state index is 13.1. The zero-order chi connectivity index (χ0) is 30.9. The molecule has 230 valence electrons. The number of allylic oxidation sites excluding steroid dienone is 3. The molecule has 5 atom stereocenters. The second-order valence-corrected chi connectivity index (χ2v) is 25.1. The van der Waals surface area contributed by atoms with Crippen molar-refractivity contribution in [2.45, 2.75) is 150 Å². The third-order valence-corrected chi connectivity index (χ3v) is 18.9. The molecule has 0 spiro atoms. The van der Waals surface area contributed by atoms with E-state index in [0.717, 1.165) is 38.7 Å². The molecule has 1 unspecified atom stereocenters. The van der Waals surface area contributed by atoms with Crippen molar-refractivity contribution in [3.63, 3.8) is 0 Å². The molecule has 0 bridgehead atoms. The number of rotatable bonds is 14. The molecule has 3 nitrogen and oxygen atoms in total. The molecule has 5 heteroatoms. The highest BCUT2D eigenvalue weighted by Gasteiger charge is 2.41. The maximum absolute atomic E-state index is 13.1. The summed E-state index contributed by atoms with van der Waals surface area (Å²) < 4.78 is 13.2. The second-order valence-electron chi connectivity index (χ2n) is 15.5. The first-order chi connectivity index (χ1) is 18.2. The molecular formula is C35H64O3Si2. The van der Waals surface area contributed by atoms with Gasteiger partial charge in [0.05, 0.1) is 6.10 Å². The Morgan fingerprint density at radius 1 is 1.05 bits per heavy atom. The van der Waals surface area contributed by atoms with Crippen molar-refractivity contribution in [2.24, 2.45) is 23.7 Å². The summed E-state index contributed by atoms with van der Waals surface area (Å²) in [7, 11) is -3.61. The van der Waals surface area contributed by atoms with E-state index in [0.29, 0.717) is 24.0 Å². The smallest absolute Gasteiger partial charge is 0.192 e. The van der Waals surface area contributed by atoms with E-state index >= 15 is 0 Å². The predicted molar refractivity (Wildman–Crippen MR) is 180 cm³/mol. The minimum atomic E-state index is -1.95. The summed E-state index contributed by atoms with van der Waals surface area (Å²) in [5, 5.41) is 0.408. The van der Waals surface area contributed by atoms with E-state index in [-0.39, 0.29) is 28.0 Å². The average Bonchev–Trinajstić information content (AvgIpc) is 3.07. The summed E-state index contributed by atoms with van der Waals surface area (Å²) >= 11 is 0. The number of unbranched alkanes of at least 4 members (excludes halogenated alkanes) is 2. The van der Waals surface area contributed by atoms with Crippen LogP contribution in [-0.4, -0.2) is 35.1 Å². The van der Waals surface area contributed by atoms with E-state index in [1.807, 2.05) is 6.92 Å². The topological polar surface area (TPSA) is 35.5 Å². The monoisotopic (exact) mass is 588 g/mol. The van der Waals surface area contributed by atoms with Gasteiger partial charge < -0.3 is 8.85 Å². The van der Waals surface area contributed by atoms with Crippen LogP contribution in [0.5, 0.6) is 0 Å². The van der Waals surface area contributed by atoms with Crippen LogP contribution < -0.4 is 0 Å². The highest BCUT2D eigenvalue weighted by atomic mass is 28.4. The molecule has 40 heavy (non-hydrogen) atoms. The SMILES string of the molecule is CC#CCC(C)[C@@H](/C=C/[C@H]1[C@H](C)CC(=O)[C@@H]1C/C(C)=C/CCCCO[Si](C)(C)C(C)(C)C)O[Si](C)(C)C(C)(C)C. The fourth-order valence-electron chi connectivity index (χ4n) is 4.84. The van der Waals surface area contributed by atoms with Crippen LogP contribution in [0.1, 0.15) is 108 Å². The Balaban J connectivity index is 2.87. The molecule has 0 aromatic rings. The maximum Gasteiger partial charge on any atom is 0.192 e. The van der Waals surface area contributed by atoms with Crippen molar-refractivity contribution < 1.29 is 13.6 Å². The number of hydrogen-bond donors (Lipinski definition) is 0. The highest BCUT2D eigenvalue weighted by molar-refractivity contribution is 6.74. The Labute approximate surface area is 251 Å². The lowest BCUT2D eigenvalue weighted by atomic mass is 9.84. The Morgan fingerprint density at radius 2 is 1.65 bits per heavy atom. The number of hydrogen-bond acceptors (Lipinski definition) is 3. The summed E-state index contributed by atoms with van der Waals surface area (Å²) in [6.45, 7) is 32.5. The quantitative estimate of drug-likeness (QED) is 0.0876. The Morgan fingerprint density at radius 3 is 2.20 bits per heavy atom. The van der Waals surface area contributed by atoms with E-state index < -0.39 is 16.6 Å². The van der Waals surface area contributed by atoms with E-state index in [4.69, 9.17) is 8.85 Å². The normalized spacial score (nSPS) is 22.9. The average molecular weight is 589 g/mol. The van der Waals surface area contributed by atoms with Crippen LogP contribution in [0, 0.1) is 35.5 Å². The van der Waals surface area contributed by atoms with Gasteiger partial charge in [-0.05, 0) is 93.5 Å². The summed E-state index contributed by atoms with van der Waals surface area (Å²) in [6, 6.07) is 0. The lowest BCUT2D eigenvalue weighted by Crippen LogP contribution is -2.45. The molecule has 0 saturated heterocycles. The van der Waals surface area contributed by atoms with Crippen molar-refractivity contribution in [3.05, 3.63) is 23.8 Å². The summed E-state index contributed by atoms with van der Waals surface area (Å²) in [6.07, 6.45) is 12.7. The van der Waals surface area contributed by atoms with Crippen molar-refractivity contribution in [2.75, 3.05) is 6.61 Å². The van der Waals surface area contributed by atoms with Gasteiger partial charge in [0.1, 0.15) is 5.78 Å². The fourth-order valence-corrected chi connectivity index (χ4v) is 7.27. The molecule has 1 saturated carbocycles. The number of carbonyl (C=O) groups excluding carboxylic acids is 1. The third kappa shape index (κ3) is 11.4. The minimum Gasteiger partial charge on any atom is -0.417 e. The van der Waals surface area contributed by atoms with Gasteiger partial charge in [0.25, 0.3) is 0 Å². The van der Waals surface area contributed by atoms with Crippen molar-refractivity contribution in [1.29, 1.82) is 0 Å². The molecule has 0 amide bonds. The lowest BCUT2D eigenvalue weighted by Gasteiger charge is -2.40. The lowest BCUT2D eigenvalue weighted by molar-refractivity contribution is -0.121. The minimum absolute atomic E-state index is 0.0236. The second kappa shape index (κ2) is 15.5. The van der Waals surface area contributed by atoms with Crippen molar-refractivity contribution in [1.82, 2.24) is 0 Å². The van der Waals surface area contributed by atoms with Gasteiger partial charge in [-0.15, -0.1) is 11.8 Å². The van der Waals surface area contributed by atoms with Gasteiger partial charge in [-0.25, -0.2) is 0 Å². The molecule has 0 N–H and O–H groups in total. The molecule has 1 aliphatic rings. The van der Waals surface area contributed by atoms with E-state index in [1.54, 1.807) is 0 Å². The Hall–Kier alpha value is -0.936. The van der Waals surface area contributed by atoms with E-state index in [2.05, 4.69) is 119 Å². The first-order valence-corrected chi connectivity index (χ1v) is 21.6. The fraction of sp³-hybridized carbons (Fsp3) is 0.800. The largest absolute Gasteiger partial charge is 0.417 e. The van der Waals surface area contributed by atoms with Gasteiger partial charge in [-0.3, -0.25) is 4.79 Å². The predicted octanol–water partition coefficient (Wildman–Crippen LogP) is 10.4. The van der Waals surface area contributed by atoms with Crippen LogP contribution in [0.3, 0.4) is 0 Å². The van der Waals surface area contributed by atoms with Crippen LogP contribution in [0.25, 0.3) is 0 Å². The molecule has 0 heterocycles. The summed E-state index contributed by atoms with van der Waals surface area (Å²) in [4.78, 5) is 13.1. The van der Waals surface area contributed by atoms with Crippen LogP contribution in [-0.2, 0) is 13.6 Å². The molecule has 0 radical (unpaired) electrons. The number of ketones is 1. The van der Waals surface area contributed by atoms with E-state index in [9.17, 15) is 4.79 Å². The Bertz CT molecular complexity index is 921. The number of Topliss-reactive ketones (excluding diaryl/α,β-unsaturated/α-hetero) is 1. The van der Waals surface area contributed by atoms with Crippen LogP contribution in [0.4, 0.5) is 0 Å². The molecule has 1 aliphatic carbocycles. The van der Waals surface area contributed by atoms with Gasteiger partial charge in [0.2, 0.25) is 0 Å². The van der Waals surface area contributed by atoms with Crippen LogP contribution in [0.2, 0.25) is 36.3 Å². The van der Waals surface area contributed by atoms with Crippen LogP contribution >= 0.6 is 0 Å². The molecule has 0 aliphatic heterocycles. The molecule has 1 fully saturated rings. The van der Waals surface area contributed by atoms with Gasteiger partial charge >= 0.3 is 0 Å². The first kappa shape index (κ1) is 37.1. The van der Waals surface area contributed by atoms with E-state index in [1.165, 1.54) is 5.57 Å². The number of carbonyl (C=O) groups is 1. The standard InChI is InChI=1S/C35H64O3Si2/c1-15-16-21-28(3)33(38-40(13,14)35(8,9)10)23-22-30-29(4)26-32(36)31(30)25-27(2)20-18-17-19-24-37-39(11,12)34(5,6)7/h20,22-23,28-31,33H,17-19,21,24-26H2,1-14H3/b23-22+,27-20+/t28?,29-,30+,31-,33-/m1/s1. The highest BCUT2D eigenvalue weighted by Crippen LogP contribution is 2.41. The van der Waals surface area contributed by atoms with Gasteiger partial charge in [-0.1, -0.05) is 79.2 Å². The van der Waals surface area contributed by atoms with Crippen molar-refractivity contribution >= 4 is 22.4 Å². The van der Waals surface area contributed by atoms with Gasteiger partial charge in [0, 0.05) is 25.4 Å². The molecule has 1 rings (SSSR count). The Kier molecular flexibility index (Phi) is 14.4. The van der Waals surface area contributed by atoms with Gasteiger partial charge in [0.15, 0.2) is 16.6 Å². The zero-order valence-electron chi connectivity index (χ0n) is 28.8. The van der Waals surface area contributed by atoms with Gasteiger partial charge in [-0.2, -0.15) is 0 Å². The molecule has 0 aromatic heterocycles.